The second kappa shape index (κ2) is 6.02. The molecule has 114 valence electrons. The Morgan fingerprint density at radius 1 is 1.00 bits per heavy atom. The van der Waals surface area contributed by atoms with Crippen LogP contribution in [-0.2, 0) is 10.0 Å². The first-order chi connectivity index (χ1) is 10.6. The maximum atomic E-state index is 13.3. The van der Waals surface area contributed by atoms with Crippen LogP contribution in [0.2, 0.25) is 0 Å². The zero-order chi connectivity index (χ0) is 15.6. The van der Waals surface area contributed by atoms with E-state index in [0.29, 0.717) is 19.5 Å². The highest BCUT2D eigenvalue weighted by Gasteiger charge is 2.26. The van der Waals surface area contributed by atoms with Gasteiger partial charge < -0.3 is 0 Å². The topological polar surface area (TPSA) is 37.4 Å². The van der Waals surface area contributed by atoms with Gasteiger partial charge in [-0.15, -0.1) is 0 Å². The van der Waals surface area contributed by atoms with Crippen LogP contribution in [0.1, 0.15) is 12.0 Å². The Balaban J connectivity index is 1.82. The van der Waals surface area contributed by atoms with Gasteiger partial charge in [0.1, 0.15) is 5.82 Å². The number of hydrogen-bond acceptors (Lipinski definition) is 2. The Labute approximate surface area is 129 Å². The van der Waals surface area contributed by atoms with E-state index in [0.717, 1.165) is 17.2 Å². The van der Waals surface area contributed by atoms with E-state index in [1.165, 1.54) is 22.5 Å². The molecule has 5 heteroatoms. The SMILES string of the molecule is O=S(=O)(c1cccc(F)c1)N1CC=C(c2ccccc2)CC1. The Bertz CT molecular complexity index is 800. The monoisotopic (exact) mass is 317 g/mol. The van der Waals surface area contributed by atoms with Crippen molar-refractivity contribution in [1.29, 1.82) is 0 Å². The molecule has 0 spiro atoms. The van der Waals surface area contributed by atoms with E-state index >= 15 is 0 Å². The molecule has 0 N–H and O–H groups in total. The van der Waals surface area contributed by atoms with E-state index < -0.39 is 15.8 Å². The van der Waals surface area contributed by atoms with Gasteiger partial charge in [0.2, 0.25) is 10.0 Å². The minimum Gasteiger partial charge on any atom is -0.207 e. The molecule has 2 aromatic rings. The fourth-order valence-corrected chi connectivity index (χ4v) is 3.97. The highest BCUT2D eigenvalue weighted by Crippen LogP contribution is 2.26. The van der Waals surface area contributed by atoms with E-state index in [2.05, 4.69) is 0 Å². The van der Waals surface area contributed by atoms with E-state index in [1.807, 2.05) is 36.4 Å². The van der Waals surface area contributed by atoms with Crippen molar-refractivity contribution in [3.8, 4) is 0 Å². The van der Waals surface area contributed by atoms with Gasteiger partial charge in [0.05, 0.1) is 4.90 Å². The molecule has 0 saturated carbocycles. The van der Waals surface area contributed by atoms with E-state index in [9.17, 15) is 12.8 Å². The molecule has 0 saturated heterocycles. The van der Waals surface area contributed by atoms with Crippen molar-refractivity contribution >= 4 is 15.6 Å². The van der Waals surface area contributed by atoms with Crippen LogP contribution in [0.5, 0.6) is 0 Å². The maximum absolute atomic E-state index is 13.3. The van der Waals surface area contributed by atoms with Gasteiger partial charge in [0.25, 0.3) is 0 Å². The number of halogens is 1. The van der Waals surface area contributed by atoms with Crippen LogP contribution in [0.25, 0.3) is 5.57 Å². The molecular formula is C17H16FNO2S. The molecule has 1 aliphatic heterocycles. The summed E-state index contributed by atoms with van der Waals surface area (Å²) < 4.78 is 39.7. The summed E-state index contributed by atoms with van der Waals surface area (Å²) >= 11 is 0. The first kappa shape index (κ1) is 14.9. The fraction of sp³-hybridized carbons (Fsp3) is 0.176. The summed E-state index contributed by atoms with van der Waals surface area (Å²) in [6, 6.07) is 15.1. The number of benzene rings is 2. The third-order valence-corrected chi connectivity index (χ3v) is 5.61. The summed E-state index contributed by atoms with van der Waals surface area (Å²) in [7, 11) is -3.64. The third-order valence-electron chi connectivity index (χ3n) is 3.75. The summed E-state index contributed by atoms with van der Waals surface area (Å²) in [5.41, 5.74) is 2.26. The molecule has 0 aliphatic carbocycles. The lowest BCUT2D eigenvalue weighted by molar-refractivity contribution is 0.440. The van der Waals surface area contributed by atoms with Crippen molar-refractivity contribution in [3.05, 3.63) is 72.1 Å². The van der Waals surface area contributed by atoms with Crippen LogP contribution in [-0.4, -0.2) is 25.8 Å². The fourth-order valence-electron chi connectivity index (χ4n) is 2.56. The Hall–Kier alpha value is -1.98. The average Bonchev–Trinajstić information content (AvgIpc) is 2.56. The van der Waals surface area contributed by atoms with Crippen molar-refractivity contribution < 1.29 is 12.8 Å². The molecule has 0 atom stereocenters. The van der Waals surface area contributed by atoms with Crippen LogP contribution >= 0.6 is 0 Å². The predicted molar refractivity (Wildman–Crippen MR) is 84.2 cm³/mol. The molecule has 0 amide bonds. The van der Waals surface area contributed by atoms with Crippen LogP contribution < -0.4 is 0 Å². The van der Waals surface area contributed by atoms with Gasteiger partial charge in [-0.2, -0.15) is 4.31 Å². The zero-order valence-electron chi connectivity index (χ0n) is 11.9. The standard InChI is InChI=1S/C17H16FNO2S/c18-16-7-4-8-17(13-16)22(20,21)19-11-9-15(10-12-19)14-5-2-1-3-6-14/h1-9,13H,10-12H2. The predicted octanol–water partition coefficient (Wildman–Crippen LogP) is 3.30. The maximum Gasteiger partial charge on any atom is 0.243 e. The second-order valence-corrected chi connectivity index (χ2v) is 7.10. The highest BCUT2D eigenvalue weighted by molar-refractivity contribution is 7.89. The van der Waals surface area contributed by atoms with Crippen molar-refractivity contribution in [2.24, 2.45) is 0 Å². The van der Waals surface area contributed by atoms with Crippen LogP contribution in [0.3, 0.4) is 0 Å². The number of rotatable bonds is 3. The quantitative estimate of drug-likeness (QED) is 0.871. The van der Waals surface area contributed by atoms with Crippen molar-refractivity contribution in [2.45, 2.75) is 11.3 Å². The molecule has 1 heterocycles. The van der Waals surface area contributed by atoms with Gasteiger partial charge in [0, 0.05) is 13.1 Å². The van der Waals surface area contributed by atoms with Crippen LogP contribution in [0, 0.1) is 5.82 Å². The molecule has 3 nitrogen and oxygen atoms in total. The summed E-state index contributed by atoms with van der Waals surface area (Å²) in [6.07, 6.45) is 2.58. The average molecular weight is 317 g/mol. The van der Waals surface area contributed by atoms with Gasteiger partial charge in [-0.1, -0.05) is 42.5 Å². The lowest BCUT2D eigenvalue weighted by Gasteiger charge is -2.26. The van der Waals surface area contributed by atoms with Gasteiger partial charge in [0.15, 0.2) is 0 Å². The lowest BCUT2D eigenvalue weighted by Crippen LogP contribution is -2.34. The second-order valence-electron chi connectivity index (χ2n) is 5.17. The third kappa shape index (κ3) is 2.96. The largest absolute Gasteiger partial charge is 0.243 e. The molecule has 0 unspecified atom stereocenters. The molecule has 2 aromatic carbocycles. The van der Waals surface area contributed by atoms with Crippen molar-refractivity contribution in [2.75, 3.05) is 13.1 Å². The van der Waals surface area contributed by atoms with Gasteiger partial charge in [-0.25, -0.2) is 12.8 Å². The van der Waals surface area contributed by atoms with Gasteiger partial charge in [-0.3, -0.25) is 0 Å². The highest BCUT2D eigenvalue weighted by atomic mass is 32.2. The zero-order valence-corrected chi connectivity index (χ0v) is 12.8. The lowest BCUT2D eigenvalue weighted by atomic mass is 10.0. The Morgan fingerprint density at radius 3 is 2.41 bits per heavy atom. The normalized spacial score (nSPS) is 16.3. The molecule has 0 bridgehead atoms. The van der Waals surface area contributed by atoms with Crippen molar-refractivity contribution in [3.63, 3.8) is 0 Å². The number of nitrogens with zero attached hydrogens (tertiary/aromatic N) is 1. The van der Waals surface area contributed by atoms with Gasteiger partial charge in [-0.05, 0) is 35.8 Å². The Morgan fingerprint density at radius 2 is 1.77 bits per heavy atom. The van der Waals surface area contributed by atoms with E-state index in [4.69, 9.17) is 0 Å². The smallest absolute Gasteiger partial charge is 0.207 e. The van der Waals surface area contributed by atoms with Crippen LogP contribution in [0.4, 0.5) is 4.39 Å². The molecule has 0 aromatic heterocycles. The molecule has 3 rings (SSSR count). The van der Waals surface area contributed by atoms with E-state index in [-0.39, 0.29) is 4.90 Å². The first-order valence-corrected chi connectivity index (χ1v) is 8.51. The summed E-state index contributed by atoms with van der Waals surface area (Å²) in [6.45, 7) is 0.711. The molecule has 0 fully saturated rings. The van der Waals surface area contributed by atoms with Crippen LogP contribution in [0.15, 0.2) is 65.6 Å². The molecule has 22 heavy (non-hydrogen) atoms. The summed E-state index contributed by atoms with van der Waals surface area (Å²) in [5.74, 6) is -0.543. The molecule has 0 radical (unpaired) electrons. The Kier molecular flexibility index (Phi) is 4.09. The number of sulfonamides is 1. The van der Waals surface area contributed by atoms with Gasteiger partial charge >= 0.3 is 0 Å². The summed E-state index contributed by atoms with van der Waals surface area (Å²) in [5, 5.41) is 0. The molecular weight excluding hydrogens is 301 g/mol. The van der Waals surface area contributed by atoms with Crippen molar-refractivity contribution in [1.82, 2.24) is 4.31 Å². The minimum atomic E-state index is -3.64. The summed E-state index contributed by atoms with van der Waals surface area (Å²) in [4.78, 5) is 0.00376. The van der Waals surface area contributed by atoms with E-state index in [1.54, 1.807) is 0 Å². The number of hydrogen-bond donors (Lipinski definition) is 0. The minimum absolute atomic E-state index is 0.00376. The molecule has 1 aliphatic rings. The first-order valence-electron chi connectivity index (χ1n) is 7.07.